The summed E-state index contributed by atoms with van der Waals surface area (Å²) in [6.45, 7) is 0.137. The largest absolute Gasteiger partial charge is 0.497 e. The van der Waals surface area contributed by atoms with E-state index in [0.29, 0.717) is 13.0 Å². The molecule has 2 rings (SSSR count). The number of ether oxygens (including phenoxy) is 1. The number of methoxy groups -OCH3 is 1. The van der Waals surface area contributed by atoms with Crippen LogP contribution < -0.4 is 14.8 Å². The number of sulfonamides is 1. The molecule has 0 aliphatic heterocycles. The van der Waals surface area contributed by atoms with Crippen molar-refractivity contribution in [1.29, 1.82) is 0 Å². The van der Waals surface area contributed by atoms with E-state index in [1.165, 1.54) is 12.1 Å². The van der Waals surface area contributed by atoms with Gasteiger partial charge in [-0.1, -0.05) is 30.3 Å². The molecule has 0 fully saturated rings. The van der Waals surface area contributed by atoms with Gasteiger partial charge >= 0.3 is 0 Å². The highest BCUT2D eigenvalue weighted by Crippen LogP contribution is 2.11. The second-order valence-corrected chi connectivity index (χ2v) is 6.85. The van der Waals surface area contributed by atoms with E-state index in [-0.39, 0.29) is 17.3 Å². The Bertz CT molecular complexity index is 759. The Morgan fingerprint density at radius 2 is 1.71 bits per heavy atom. The molecule has 0 bridgehead atoms. The lowest BCUT2D eigenvalue weighted by atomic mass is 10.1. The molecule has 24 heavy (non-hydrogen) atoms. The van der Waals surface area contributed by atoms with E-state index in [1.54, 1.807) is 25.3 Å². The van der Waals surface area contributed by atoms with E-state index in [2.05, 4.69) is 10.0 Å². The van der Waals surface area contributed by atoms with Crippen molar-refractivity contribution in [2.24, 2.45) is 0 Å². The van der Waals surface area contributed by atoms with Gasteiger partial charge in [-0.05, 0) is 36.2 Å². The van der Waals surface area contributed by atoms with Gasteiger partial charge in [0.2, 0.25) is 15.9 Å². The van der Waals surface area contributed by atoms with E-state index in [0.717, 1.165) is 11.3 Å². The molecule has 0 atom stereocenters. The van der Waals surface area contributed by atoms with Crippen molar-refractivity contribution >= 4 is 15.9 Å². The molecule has 0 aliphatic carbocycles. The lowest BCUT2D eigenvalue weighted by Crippen LogP contribution is -2.37. The normalized spacial score (nSPS) is 11.0. The maximum Gasteiger partial charge on any atom is 0.241 e. The van der Waals surface area contributed by atoms with Crippen LogP contribution in [0.4, 0.5) is 0 Å². The summed E-state index contributed by atoms with van der Waals surface area (Å²) in [5, 5.41) is 2.69. The van der Waals surface area contributed by atoms with Gasteiger partial charge in [-0.25, -0.2) is 13.1 Å². The van der Waals surface area contributed by atoms with Crippen molar-refractivity contribution in [2.75, 3.05) is 20.2 Å². The van der Waals surface area contributed by atoms with Gasteiger partial charge < -0.3 is 10.1 Å². The van der Waals surface area contributed by atoms with Crippen molar-refractivity contribution in [1.82, 2.24) is 10.0 Å². The molecular formula is C17H20N2O4S. The molecule has 0 aromatic heterocycles. The molecule has 2 aromatic carbocycles. The first-order chi connectivity index (χ1) is 11.5. The van der Waals surface area contributed by atoms with Crippen molar-refractivity contribution in [2.45, 2.75) is 11.3 Å². The van der Waals surface area contributed by atoms with Crippen LogP contribution >= 0.6 is 0 Å². The topological polar surface area (TPSA) is 84.5 Å². The zero-order valence-electron chi connectivity index (χ0n) is 13.4. The van der Waals surface area contributed by atoms with Gasteiger partial charge in [0.05, 0.1) is 18.6 Å². The second kappa shape index (κ2) is 8.47. The quantitative estimate of drug-likeness (QED) is 0.754. The Morgan fingerprint density at radius 3 is 2.33 bits per heavy atom. The molecule has 6 nitrogen and oxygen atoms in total. The van der Waals surface area contributed by atoms with Gasteiger partial charge in [0.15, 0.2) is 0 Å². The van der Waals surface area contributed by atoms with Crippen molar-refractivity contribution < 1.29 is 17.9 Å². The Kier molecular flexibility index (Phi) is 6.34. The minimum atomic E-state index is -3.66. The number of benzene rings is 2. The fourth-order valence-electron chi connectivity index (χ4n) is 2.04. The maximum absolute atomic E-state index is 12.0. The zero-order valence-corrected chi connectivity index (χ0v) is 14.2. The first-order valence-corrected chi connectivity index (χ1v) is 8.94. The summed E-state index contributed by atoms with van der Waals surface area (Å²) in [7, 11) is -2.06. The molecule has 2 aromatic rings. The fourth-order valence-corrected chi connectivity index (χ4v) is 3.05. The number of carbonyl (C=O) groups is 1. The van der Waals surface area contributed by atoms with Gasteiger partial charge in [0, 0.05) is 6.54 Å². The SMILES string of the molecule is COc1ccc(CCNC(=O)CNS(=O)(=O)c2ccccc2)cc1. The highest BCUT2D eigenvalue weighted by molar-refractivity contribution is 7.89. The van der Waals surface area contributed by atoms with Crippen LogP contribution in [-0.4, -0.2) is 34.5 Å². The third kappa shape index (κ3) is 5.36. The monoisotopic (exact) mass is 348 g/mol. The molecule has 0 heterocycles. The van der Waals surface area contributed by atoms with E-state index < -0.39 is 10.0 Å². The number of hydrogen-bond donors (Lipinski definition) is 2. The predicted molar refractivity (Wildman–Crippen MR) is 91.3 cm³/mol. The molecular weight excluding hydrogens is 328 g/mol. The molecule has 2 N–H and O–H groups in total. The van der Waals surface area contributed by atoms with Gasteiger partial charge in [-0.2, -0.15) is 0 Å². The Labute approximate surface area is 141 Å². The summed E-state index contributed by atoms with van der Waals surface area (Å²) in [5.74, 6) is 0.404. The van der Waals surface area contributed by atoms with E-state index in [4.69, 9.17) is 4.74 Å². The van der Waals surface area contributed by atoms with Gasteiger partial charge in [0.25, 0.3) is 0 Å². The Balaban J connectivity index is 1.75. The van der Waals surface area contributed by atoms with Crippen molar-refractivity contribution in [3.63, 3.8) is 0 Å². The lowest BCUT2D eigenvalue weighted by Gasteiger charge is -2.08. The minimum absolute atomic E-state index is 0.135. The minimum Gasteiger partial charge on any atom is -0.497 e. The van der Waals surface area contributed by atoms with Crippen LogP contribution in [0.25, 0.3) is 0 Å². The lowest BCUT2D eigenvalue weighted by molar-refractivity contribution is -0.119. The van der Waals surface area contributed by atoms with Gasteiger partial charge in [-0.15, -0.1) is 0 Å². The summed E-state index contributed by atoms with van der Waals surface area (Å²) < 4.78 is 31.3. The van der Waals surface area contributed by atoms with E-state index >= 15 is 0 Å². The van der Waals surface area contributed by atoms with Gasteiger partial charge in [-0.3, -0.25) is 4.79 Å². The van der Waals surface area contributed by atoms with Crippen molar-refractivity contribution in [3.8, 4) is 5.75 Å². The van der Waals surface area contributed by atoms with Crippen LogP contribution in [-0.2, 0) is 21.2 Å². The van der Waals surface area contributed by atoms with Crippen LogP contribution in [0, 0.1) is 0 Å². The summed E-state index contributed by atoms with van der Waals surface area (Å²) in [6, 6.07) is 15.5. The van der Waals surface area contributed by atoms with Crippen LogP contribution in [0.5, 0.6) is 5.75 Å². The Morgan fingerprint density at radius 1 is 1.04 bits per heavy atom. The number of carbonyl (C=O) groups excluding carboxylic acids is 1. The number of rotatable bonds is 8. The number of hydrogen-bond acceptors (Lipinski definition) is 4. The highest BCUT2D eigenvalue weighted by Gasteiger charge is 2.14. The summed E-state index contributed by atoms with van der Waals surface area (Å²) in [5.41, 5.74) is 1.06. The third-order valence-electron chi connectivity index (χ3n) is 3.37. The first kappa shape index (κ1) is 18.0. The first-order valence-electron chi connectivity index (χ1n) is 7.45. The summed E-state index contributed by atoms with van der Waals surface area (Å²) >= 11 is 0. The molecule has 0 saturated heterocycles. The molecule has 0 spiro atoms. The molecule has 128 valence electrons. The van der Waals surface area contributed by atoms with Crippen LogP contribution in [0.3, 0.4) is 0 Å². The van der Waals surface area contributed by atoms with Crippen LogP contribution in [0.1, 0.15) is 5.56 Å². The fraction of sp³-hybridized carbons (Fsp3) is 0.235. The summed E-state index contributed by atoms with van der Waals surface area (Å²) in [6.07, 6.45) is 0.654. The number of amides is 1. The smallest absolute Gasteiger partial charge is 0.241 e. The van der Waals surface area contributed by atoms with E-state index in [9.17, 15) is 13.2 Å². The van der Waals surface area contributed by atoms with Gasteiger partial charge in [0.1, 0.15) is 5.75 Å². The highest BCUT2D eigenvalue weighted by atomic mass is 32.2. The number of nitrogens with one attached hydrogen (secondary N) is 2. The van der Waals surface area contributed by atoms with Crippen LogP contribution in [0.15, 0.2) is 59.5 Å². The van der Waals surface area contributed by atoms with E-state index in [1.807, 2.05) is 24.3 Å². The molecule has 1 amide bonds. The molecule has 0 saturated carbocycles. The molecule has 0 unspecified atom stereocenters. The predicted octanol–water partition coefficient (Wildman–Crippen LogP) is 1.33. The third-order valence-corrected chi connectivity index (χ3v) is 4.79. The van der Waals surface area contributed by atoms with Crippen molar-refractivity contribution in [3.05, 3.63) is 60.2 Å². The maximum atomic E-state index is 12.0. The zero-order chi connectivity index (χ0) is 17.4. The average Bonchev–Trinajstić information content (AvgIpc) is 2.61. The Hall–Kier alpha value is -2.38. The molecule has 7 heteroatoms. The van der Waals surface area contributed by atoms with Crippen LogP contribution in [0.2, 0.25) is 0 Å². The second-order valence-electron chi connectivity index (χ2n) is 5.09. The average molecular weight is 348 g/mol. The molecule has 0 aliphatic rings. The standard InChI is InChI=1S/C17H20N2O4S/c1-23-15-9-7-14(8-10-15)11-12-18-17(20)13-19-24(21,22)16-5-3-2-4-6-16/h2-10,19H,11-13H2,1H3,(H,18,20). The summed E-state index contributed by atoms with van der Waals surface area (Å²) in [4.78, 5) is 11.9. The molecule has 0 radical (unpaired) electrons.